The van der Waals surface area contributed by atoms with E-state index in [1.54, 1.807) is 6.07 Å². The molecule has 0 atom stereocenters. The van der Waals surface area contributed by atoms with E-state index in [2.05, 4.69) is 18.0 Å². The standard InChI is InChI=1S/C21H21FN2OS/c1-2-11-24-18-10-9-17(22)13-19(18)26-21(24)23-20(25)16-8-7-14-5-3-4-6-15(14)12-16/h7-10,12-13H,2-6,11H2,1H3. The highest BCUT2D eigenvalue weighted by molar-refractivity contribution is 7.16. The summed E-state index contributed by atoms with van der Waals surface area (Å²) in [4.78, 5) is 17.8. The fourth-order valence-electron chi connectivity index (χ4n) is 3.59. The summed E-state index contributed by atoms with van der Waals surface area (Å²) < 4.78 is 16.4. The maximum atomic E-state index is 13.6. The van der Waals surface area contributed by atoms with E-state index < -0.39 is 0 Å². The Hall–Kier alpha value is -2.27. The smallest absolute Gasteiger partial charge is 0.279 e. The monoisotopic (exact) mass is 368 g/mol. The van der Waals surface area contributed by atoms with Gasteiger partial charge in [0.1, 0.15) is 5.82 Å². The number of nitrogens with zero attached hydrogens (tertiary/aromatic N) is 2. The van der Waals surface area contributed by atoms with Crippen LogP contribution in [0.25, 0.3) is 10.2 Å². The Balaban J connectivity index is 1.77. The fraction of sp³-hybridized carbons (Fsp3) is 0.333. The molecule has 1 aliphatic carbocycles. The molecule has 0 spiro atoms. The number of benzene rings is 2. The van der Waals surface area contributed by atoms with Crippen molar-refractivity contribution in [3.05, 3.63) is 63.7 Å². The minimum absolute atomic E-state index is 0.227. The quantitative estimate of drug-likeness (QED) is 0.649. The van der Waals surface area contributed by atoms with Gasteiger partial charge in [-0.25, -0.2) is 4.39 Å². The zero-order valence-electron chi connectivity index (χ0n) is 14.8. The van der Waals surface area contributed by atoms with E-state index in [4.69, 9.17) is 0 Å². The topological polar surface area (TPSA) is 34.4 Å². The van der Waals surface area contributed by atoms with Crippen molar-refractivity contribution in [2.75, 3.05) is 0 Å². The number of hydrogen-bond acceptors (Lipinski definition) is 2. The van der Waals surface area contributed by atoms with Crippen molar-refractivity contribution in [3.8, 4) is 0 Å². The van der Waals surface area contributed by atoms with E-state index in [0.29, 0.717) is 10.4 Å². The van der Waals surface area contributed by atoms with E-state index in [1.807, 2.05) is 16.7 Å². The second-order valence-electron chi connectivity index (χ2n) is 6.76. The molecule has 1 amide bonds. The van der Waals surface area contributed by atoms with Gasteiger partial charge in [0.25, 0.3) is 5.91 Å². The Labute approximate surface area is 155 Å². The van der Waals surface area contributed by atoms with Gasteiger partial charge in [-0.15, -0.1) is 0 Å². The van der Waals surface area contributed by atoms with Gasteiger partial charge >= 0.3 is 0 Å². The molecule has 0 radical (unpaired) electrons. The Bertz CT molecular complexity index is 1050. The van der Waals surface area contributed by atoms with Crippen molar-refractivity contribution in [3.63, 3.8) is 0 Å². The van der Waals surface area contributed by atoms with E-state index in [0.717, 1.165) is 36.0 Å². The van der Waals surface area contributed by atoms with Crippen LogP contribution in [-0.2, 0) is 19.4 Å². The van der Waals surface area contributed by atoms with Gasteiger partial charge < -0.3 is 4.57 Å². The summed E-state index contributed by atoms with van der Waals surface area (Å²) in [5, 5.41) is 0. The van der Waals surface area contributed by atoms with Crippen molar-refractivity contribution >= 4 is 27.5 Å². The SMILES string of the molecule is CCCn1c(=NC(=O)c2ccc3c(c2)CCCC3)sc2cc(F)ccc21. The van der Waals surface area contributed by atoms with Crippen LogP contribution in [0.3, 0.4) is 0 Å². The van der Waals surface area contributed by atoms with E-state index >= 15 is 0 Å². The van der Waals surface area contributed by atoms with Crippen molar-refractivity contribution < 1.29 is 9.18 Å². The van der Waals surface area contributed by atoms with Crippen LogP contribution in [0.2, 0.25) is 0 Å². The largest absolute Gasteiger partial charge is 0.316 e. The summed E-state index contributed by atoms with van der Waals surface area (Å²) in [6.45, 7) is 2.83. The number of hydrogen-bond donors (Lipinski definition) is 0. The lowest BCUT2D eigenvalue weighted by Crippen LogP contribution is -2.17. The van der Waals surface area contributed by atoms with Crippen molar-refractivity contribution in [2.45, 2.75) is 45.6 Å². The van der Waals surface area contributed by atoms with Gasteiger partial charge in [-0.2, -0.15) is 4.99 Å². The highest BCUT2D eigenvalue weighted by atomic mass is 32.1. The van der Waals surface area contributed by atoms with Gasteiger partial charge in [0.05, 0.1) is 10.2 Å². The normalized spacial score (nSPS) is 14.6. The van der Waals surface area contributed by atoms with E-state index in [-0.39, 0.29) is 11.7 Å². The number of thiazole rings is 1. The lowest BCUT2D eigenvalue weighted by Gasteiger charge is -2.15. The highest BCUT2D eigenvalue weighted by Gasteiger charge is 2.14. The van der Waals surface area contributed by atoms with Crippen molar-refractivity contribution in [1.29, 1.82) is 0 Å². The highest BCUT2D eigenvalue weighted by Crippen LogP contribution is 2.23. The van der Waals surface area contributed by atoms with Gasteiger partial charge in [0.2, 0.25) is 0 Å². The summed E-state index contributed by atoms with van der Waals surface area (Å²) in [6, 6.07) is 10.7. The third kappa shape index (κ3) is 3.23. The zero-order chi connectivity index (χ0) is 18.1. The van der Waals surface area contributed by atoms with Crippen LogP contribution >= 0.6 is 11.3 Å². The molecule has 5 heteroatoms. The first kappa shape index (κ1) is 17.2. The van der Waals surface area contributed by atoms with Crippen molar-refractivity contribution in [1.82, 2.24) is 4.57 Å². The first-order valence-electron chi connectivity index (χ1n) is 9.15. The second kappa shape index (κ2) is 7.16. The zero-order valence-corrected chi connectivity index (χ0v) is 15.6. The van der Waals surface area contributed by atoms with Crippen LogP contribution in [0.4, 0.5) is 4.39 Å². The van der Waals surface area contributed by atoms with Gasteiger partial charge in [-0.1, -0.05) is 24.3 Å². The van der Waals surface area contributed by atoms with Crippen LogP contribution in [0.15, 0.2) is 41.4 Å². The lowest BCUT2D eigenvalue weighted by molar-refractivity contribution is 0.0997. The lowest BCUT2D eigenvalue weighted by atomic mass is 9.90. The molecule has 1 aliphatic rings. The Morgan fingerprint density at radius 3 is 2.77 bits per heavy atom. The number of halogens is 1. The van der Waals surface area contributed by atoms with Crippen LogP contribution in [0.5, 0.6) is 0 Å². The predicted molar refractivity (Wildman–Crippen MR) is 103 cm³/mol. The molecule has 0 aliphatic heterocycles. The second-order valence-corrected chi connectivity index (χ2v) is 7.76. The molecule has 134 valence electrons. The number of fused-ring (bicyclic) bond motifs is 2. The number of carbonyl (C=O) groups excluding carboxylic acids is 1. The molecular formula is C21H21FN2OS. The molecule has 4 rings (SSSR count). The van der Waals surface area contributed by atoms with Gasteiger partial charge in [0, 0.05) is 12.1 Å². The number of aromatic nitrogens is 1. The minimum Gasteiger partial charge on any atom is -0.316 e. The molecule has 26 heavy (non-hydrogen) atoms. The van der Waals surface area contributed by atoms with Crippen molar-refractivity contribution in [2.24, 2.45) is 4.99 Å². The Morgan fingerprint density at radius 1 is 1.15 bits per heavy atom. The van der Waals surface area contributed by atoms with E-state index in [9.17, 15) is 9.18 Å². The molecule has 0 saturated carbocycles. The summed E-state index contributed by atoms with van der Waals surface area (Å²) in [5.74, 6) is -0.495. The molecule has 1 aromatic heterocycles. The third-order valence-electron chi connectivity index (χ3n) is 4.88. The molecule has 3 aromatic rings. The average molecular weight is 368 g/mol. The number of carbonyl (C=O) groups is 1. The Kier molecular flexibility index (Phi) is 4.72. The molecule has 0 saturated heterocycles. The summed E-state index contributed by atoms with van der Waals surface area (Å²) in [6.07, 6.45) is 5.46. The van der Waals surface area contributed by atoms with Gasteiger partial charge in [0.15, 0.2) is 4.80 Å². The van der Waals surface area contributed by atoms with Crippen LogP contribution in [0.1, 0.15) is 47.7 Å². The maximum absolute atomic E-state index is 13.6. The van der Waals surface area contributed by atoms with E-state index in [1.165, 1.54) is 47.4 Å². The molecule has 0 bridgehead atoms. The molecule has 0 N–H and O–H groups in total. The predicted octanol–water partition coefficient (Wildman–Crippen LogP) is 4.87. The maximum Gasteiger partial charge on any atom is 0.279 e. The van der Waals surface area contributed by atoms with Crippen LogP contribution in [0, 0.1) is 5.82 Å². The summed E-state index contributed by atoms with van der Waals surface area (Å²) >= 11 is 1.37. The number of rotatable bonds is 3. The summed E-state index contributed by atoms with van der Waals surface area (Å²) in [7, 11) is 0. The summed E-state index contributed by atoms with van der Waals surface area (Å²) in [5.41, 5.74) is 4.19. The molecule has 2 aromatic carbocycles. The molecular weight excluding hydrogens is 347 g/mol. The number of amides is 1. The van der Waals surface area contributed by atoms with Gasteiger partial charge in [-0.05, 0) is 73.6 Å². The minimum atomic E-state index is -0.269. The molecule has 0 fully saturated rings. The first-order valence-corrected chi connectivity index (χ1v) is 9.97. The average Bonchev–Trinajstić information content (AvgIpc) is 2.98. The first-order chi connectivity index (χ1) is 12.7. The third-order valence-corrected chi connectivity index (χ3v) is 5.93. The fourth-order valence-corrected chi connectivity index (χ4v) is 4.67. The molecule has 0 unspecified atom stereocenters. The molecule has 1 heterocycles. The van der Waals surface area contributed by atoms with Gasteiger partial charge in [-0.3, -0.25) is 4.79 Å². The number of aryl methyl sites for hydroxylation is 3. The van der Waals surface area contributed by atoms with Crippen LogP contribution < -0.4 is 4.80 Å². The Morgan fingerprint density at radius 2 is 1.96 bits per heavy atom. The van der Waals surface area contributed by atoms with Crippen LogP contribution in [-0.4, -0.2) is 10.5 Å². The molecule has 3 nitrogen and oxygen atoms in total.